The molecule has 1 fully saturated rings. The van der Waals surface area contributed by atoms with Crippen molar-refractivity contribution in [3.63, 3.8) is 0 Å². The van der Waals surface area contributed by atoms with Gasteiger partial charge in [0.2, 0.25) is 0 Å². The van der Waals surface area contributed by atoms with Gasteiger partial charge in [0.1, 0.15) is 0 Å². The van der Waals surface area contributed by atoms with Crippen LogP contribution in [0.15, 0.2) is 18.2 Å². The van der Waals surface area contributed by atoms with E-state index in [1.165, 1.54) is 34.7 Å². The monoisotopic (exact) mass is 221 g/mol. The number of hydrogen-bond donors (Lipinski definition) is 1. The van der Waals surface area contributed by atoms with E-state index in [1.807, 2.05) is 0 Å². The van der Waals surface area contributed by atoms with Crippen LogP contribution in [0.3, 0.4) is 0 Å². The van der Waals surface area contributed by atoms with E-state index < -0.39 is 0 Å². The first-order valence-corrected chi connectivity index (χ1v) is 6.89. The van der Waals surface area contributed by atoms with Crippen molar-refractivity contribution in [3.8, 4) is 0 Å². The standard InChI is InChI=1S/C13H19NS/c1-3-11-6-4-5-10(2)13(11)14-12-7-8-15-9-12/h4-6,12,14H,3,7-9H2,1-2H3. The molecule has 0 aliphatic carbocycles. The van der Waals surface area contributed by atoms with Crippen LogP contribution in [0.1, 0.15) is 24.5 Å². The van der Waals surface area contributed by atoms with Crippen LogP contribution < -0.4 is 5.32 Å². The maximum atomic E-state index is 3.71. The number of para-hydroxylation sites is 1. The summed E-state index contributed by atoms with van der Waals surface area (Å²) < 4.78 is 0. The molecule has 15 heavy (non-hydrogen) atoms. The van der Waals surface area contributed by atoms with E-state index in [4.69, 9.17) is 0 Å². The molecule has 1 aliphatic heterocycles. The van der Waals surface area contributed by atoms with Gasteiger partial charge in [-0.25, -0.2) is 0 Å². The van der Waals surface area contributed by atoms with E-state index in [0.29, 0.717) is 6.04 Å². The normalized spacial score (nSPS) is 20.5. The number of aryl methyl sites for hydroxylation is 2. The van der Waals surface area contributed by atoms with Gasteiger partial charge in [0.05, 0.1) is 0 Å². The molecule has 1 aromatic rings. The molecular weight excluding hydrogens is 202 g/mol. The summed E-state index contributed by atoms with van der Waals surface area (Å²) in [5, 5.41) is 3.71. The Morgan fingerprint density at radius 3 is 3.00 bits per heavy atom. The summed E-state index contributed by atoms with van der Waals surface area (Å²) in [7, 11) is 0. The molecule has 0 aromatic heterocycles. The average Bonchev–Trinajstić information content (AvgIpc) is 2.74. The van der Waals surface area contributed by atoms with Crippen LogP contribution in [-0.2, 0) is 6.42 Å². The van der Waals surface area contributed by atoms with Gasteiger partial charge in [0, 0.05) is 17.5 Å². The summed E-state index contributed by atoms with van der Waals surface area (Å²) in [6.07, 6.45) is 2.42. The molecule has 2 heteroatoms. The fourth-order valence-electron chi connectivity index (χ4n) is 2.08. The van der Waals surface area contributed by atoms with Crippen LogP contribution in [0.25, 0.3) is 0 Å². The molecule has 0 amide bonds. The van der Waals surface area contributed by atoms with E-state index in [2.05, 4.69) is 49.1 Å². The van der Waals surface area contributed by atoms with Crippen LogP contribution in [0.5, 0.6) is 0 Å². The lowest BCUT2D eigenvalue weighted by atomic mass is 10.0. The Bertz CT molecular complexity index is 329. The van der Waals surface area contributed by atoms with Gasteiger partial charge in [-0.3, -0.25) is 0 Å². The highest BCUT2D eigenvalue weighted by Crippen LogP contribution is 2.26. The smallest absolute Gasteiger partial charge is 0.0404 e. The van der Waals surface area contributed by atoms with Gasteiger partial charge in [-0.05, 0) is 36.6 Å². The van der Waals surface area contributed by atoms with Crippen molar-refractivity contribution in [2.24, 2.45) is 0 Å². The van der Waals surface area contributed by atoms with E-state index >= 15 is 0 Å². The second kappa shape index (κ2) is 4.93. The number of rotatable bonds is 3. The number of thioether (sulfide) groups is 1. The van der Waals surface area contributed by atoms with Gasteiger partial charge in [-0.15, -0.1) is 0 Å². The largest absolute Gasteiger partial charge is 0.381 e. The van der Waals surface area contributed by atoms with Crippen molar-refractivity contribution in [2.75, 3.05) is 16.8 Å². The highest BCUT2D eigenvalue weighted by molar-refractivity contribution is 7.99. The van der Waals surface area contributed by atoms with Gasteiger partial charge < -0.3 is 5.32 Å². The summed E-state index contributed by atoms with van der Waals surface area (Å²) >= 11 is 2.06. The van der Waals surface area contributed by atoms with Crippen molar-refractivity contribution in [2.45, 2.75) is 32.7 Å². The van der Waals surface area contributed by atoms with Gasteiger partial charge in [0.25, 0.3) is 0 Å². The molecule has 1 saturated heterocycles. The number of hydrogen-bond acceptors (Lipinski definition) is 2. The Morgan fingerprint density at radius 2 is 2.33 bits per heavy atom. The zero-order valence-electron chi connectivity index (χ0n) is 9.55. The van der Waals surface area contributed by atoms with Crippen molar-refractivity contribution in [1.29, 1.82) is 0 Å². The first-order valence-electron chi connectivity index (χ1n) is 5.74. The van der Waals surface area contributed by atoms with Crippen molar-refractivity contribution in [3.05, 3.63) is 29.3 Å². The van der Waals surface area contributed by atoms with Crippen molar-refractivity contribution in [1.82, 2.24) is 0 Å². The highest BCUT2D eigenvalue weighted by atomic mass is 32.2. The van der Waals surface area contributed by atoms with Gasteiger partial charge in [-0.1, -0.05) is 25.1 Å². The lowest BCUT2D eigenvalue weighted by Crippen LogP contribution is -2.19. The molecule has 82 valence electrons. The minimum absolute atomic E-state index is 0.682. The molecule has 1 aliphatic rings. The Kier molecular flexibility index (Phi) is 3.57. The molecule has 0 saturated carbocycles. The predicted molar refractivity (Wildman–Crippen MR) is 69.9 cm³/mol. The van der Waals surface area contributed by atoms with Crippen LogP contribution in [-0.4, -0.2) is 17.5 Å². The minimum Gasteiger partial charge on any atom is -0.381 e. The van der Waals surface area contributed by atoms with Crippen molar-refractivity contribution < 1.29 is 0 Å². The Morgan fingerprint density at radius 1 is 1.47 bits per heavy atom. The summed E-state index contributed by atoms with van der Waals surface area (Å²) in [6.45, 7) is 4.42. The Balaban J connectivity index is 2.17. The molecule has 1 N–H and O–H groups in total. The first kappa shape index (κ1) is 10.9. The minimum atomic E-state index is 0.682. The third-order valence-corrected chi connectivity index (χ3v) is 4.18. The number of anilines is 1. The predicted octanol–water partition coefficient (Wildman–Crippen LogP) is 3.47. The van der Waals surface area contributed by atoms with Crippen LogP contribution in [0.4, 0.5) is 5.69 Å². The summed E-state index contributed by atoms with van der Waals surface area (Å²) in [4.78, 5) is 0. The van der Waals surface area contributed by atoms with Crippen LogP contribution in [0, 0.1) is 6.92 Å². The third kappa shape index (κ3) is 2.49. The molecule has 0 spiro atoms. The van der Waals surface area contributed by atoms with Gasteiger partial charge in [0.15, 0.2) is 0 Å². The van der Waals surface area contributed by atoms with Gasteiger partial charge >= 0.3 is 0 Å². The molecule has 1 unspecified atom stereocenters. The molecular formula is C13H19NS. The zero-order chi connectivity index (χ0) is 10.7. The van der Waals surface area contributed by atoms with Gasteiger partial charge in [-0.2, -0.15) is 11.8 Å². The van der Waals surface area contributed by atoms with Crippen LogP contribution in [0.2, 0.25) is 0 Å². The van der Waals surface area contributed by atoms with E-state index in [0.717, 1.165) is 6.42 Å². The highest BCUT2D eigenvalue weighted by Gasteiger charge is 2.16. The lowest BCUT2D eigenvalue weighted by Gasteiger charge is -2.18. The average molecular weight is 221 g/mol. The van der Waals surface area contributed by atoms with E-state index in [-0.39, 0.29) is 0 Å². The topological polar surface area (TPSA) is 12.0 Å². The molecule has 0 radical (unpaired) electrons. The first-order chi connectivity index (χ1) is 7.31. The molecule has 1 aromatic carbocycles. The second-order valence-corrected chi connectivity index (χ2v) is 5.32. The van der Waals surface area contributed by atoms with E-state index in [9.17, 15) is 0 Å². The maximum Gasteiger partial charge on any atom is 0.0404 e. The molecule has 1 heterocycles. The molecule has 1 nitrogen and oxygen atoms in total. The lowest BCUT2D eigenvalue weighted by molar-refractivity contribution is 0.809. The summed E-state index contributed by atoms with van der Waals surface area (Å²) in [5.74, 6) is 2.57. The number of nitrogens with one attached hydrogen (secondary N) is 1. The summed E-state index contributed by atoms with van der Waals surface area (Å²) in [6, 6.07) is 7.27. The summed E-state index contributed by atoms with van der Waals surface area (Å²) in [5.41, 5.74) is 4.21. The van der Waals surface area contributed by atoms with Crippen LogP contribution >= 0.6 is 11.8 Å². The Hall–Kier alpha value is -0.630. The molecule has 2 rings (SSSR count). The zero-order valence-corrected chi connectivity index (χ0v) is 10.4. The molecule has 1 atom stereocenters. The fourth-order valence-corrected chi connectivity index (χ4v) is 3.23. The number of benzene rings is 1. The quantitative estimate of drug-likeness (QED) is 0.838. The second-order valence-electron chi connectivity index (χ2n) is 4.17. The third-order valence-electron chi connectivity index (χ3n) is 3.02. The maximum absolute atomic E-state index is 3.71. The van der Waals surface area contributed by atoms with E-state index in [1.54, 1.807) is 0 Å². The Labute approximate surface area is 96.7 Å². The molecule has 0 bridgehead atoms. The fraction of sp³-hybridized carbons (Fsp3) is 0.538. The van der Waals surface area contributed by atoms with Crippen molar-refractivity contribution >= 4 is 17.4 Å². The SMILES string of the molecule is CCc1cccc(C)c1NC1CCSC1.